The van der Waals surface area contributed by atoms with Crippen LogP contribution in [0.25, 0.3) is 11.1 Å². The summed E-state index contributed by atoms with van der Waals surface area (Å²) in [6, 6.07) is 15.7. The highest BCUT2D eigenvalue weighted by Crippen LogP contribution is 2.20. The molecular weight excluding hydrogens is 498 g/mol. The number of allylic oxidation sites excluding steroid dienone is 2. The lowest BCUT2D eigenvalue weighted by atomic mass is 10.0. The van der Waals surface area contributed by atoms with Gasteiger partial charge in [-0.15, -0.1) is 13.2 Å². The molecule has 9 nitrogen and oxygen atoms in total. The number of aliphatic hydroxyl groups excluding tert-OH is 1. The minimum absolute atomic E-state index is 0.0112. The number of carbonyl (C=O) groups excluding carboxylic acids is 3. The predicted molar refractivity (Wildman–Crippen MR) is 147 cm³/mol. The molecule has 9 heteroatoms. The normalized spacial score (nSPS) is 14.0. The molecule has 206 valence electrons. The van der Waals surface area contributed by atoms with Crippen molar-refractivity contribution in [3.8, 4) is 0 Å². The quantitative estimate of drug-likeness (QED) is 0.154. The average Bonchev–Trinajstić information content (AvgIpc) is 3.36. The van der Waals surface area contributed by atoms with E-state index < -0.39 is 41.8 Å². The standard InChI is InChI=1S/C30H35N3O6/c1-4-11-22(17-27-32-24-15-9-10-16-26(24)39-27)30(37)38-20(3)18-31-28(35)23(12-5-2)29(36)33-25(19-34)21-13-7-6-8-14-21/h4-10,13-16,20,22-23,25,34H,1-2,11-12,17-19H2,3H3,(H,31,35)(H,33,36)/t20-,22+,23?,25-/m0/s1. The van der Waals surface area contributed by atoms with E-state index in [1.807, 2.05) is 30.3 Å². The highest BCUT2D eigenvalue weighted by molar-refractivity contribution is 6.00. The summed E-state index contributed by atoms with van der Waals surface area (Å²) < 4.78 is 11.3. The van der Waals surface area contributed by atoms with Crippen LogP contribution >= 0.6 is 0 Å². The fourth-order valence-corrected chi connectivity index (χ4v) is 4.08. The SMILES string of the molecule is C=CCC(C(=O)NC[C@H](C)OC(=O)[C@H](CC=C)Cc1nc2ccccc2o1)C(=O)N[C@@H](CO)c1ccccc1. The molecule has 0 aliphatic rings. The van der Waals surface area contributed by atoms with E-state index in [9.17, 15) is 19.5 Å². The summed E-state index contributed by atoms with van der Waals surface area (Å²) in [7, 11) is 0. The molecule has 0 aliphatic carbocycles. The first kappa shape index (κ1) is 29.3. The van der Waals surface area contributed by atoms with E-state index in [1.165, 1.54) is 6.08 Å². The summed E-state index contributed by atoms with van der Waals surface area (Å²) in [4.78, 5) is 43.1. The van der Waals surface area contributed by atoms with Gasteiger partial charge in [0.2, 0.25) is 11.8 Å². The molecular formula is C30H35N3O6. The number of aliphatic hydroxyl groups is 1. The van der Waals surface area contributed by atoms with Gasteiger partial charge in [0, 0.05) is 6.42 Å². The van der Waals surface area contributed by atoms with Gasteiger partial charge in [-0.3, -0.25) is 14.4 Å². The molecule has 3 N–H and O–H groups in total. The van der Waals surface area contributed by atoms with Crippen LogP contribution in [0.2, 0.25) is 0 Å². The Balaban J connectivity index is 1.55. The number of fused-ring (bicyclic) bond motifs is 1. The second-order valence-corrected chi connectivity index (χ2v) is 9.22. The highest BCUT2D eigenvalue weighted by atomic mass is 16.5. The van der Waals surface area contributed by atoms with Gasteiger partial charge < -0.3 is 24.9 Å². The second kappa shape index (κ2) is 14.6. The van der Waals surface area contributed by atoms with Crippen LogP contribution in [-0.4, -0.2) is 47.1 Å². The van der Waals surface area contributed by atoms with Crippen molar-refractivity contribution < 1.29 is 28.6 Å². The first-order valence-corrected chi connectivity index (χ1v) is 12.9. The van der Waals surface area contributed by atoms with Crippen LogP contribution in [0.1, 0.15) is 37.3 Å². The van der Waals surface area contributed by atoms with E-state index in [4.69, 9.17) is 9.15 Å². The Hall–Kier alpha value is -4.24. The van der Waals surface area contributed by atoms with Crippen molar-refractivity contribution in [1.29, 1.82) is 0 Å². The molecule has 0 radical (unpaired) electrons. The van der Waals surface area contributed by atoms with Gasteiger partial charge in [0.15, 0.2) is 11.5 Å². The van der Waals surface area contributed by atoms with Crippen LogP contribution < -0.4 is 10.6 Å². The number of nitrogens with one attached hydrogen (secondary N) is 2. The lowest BCUT2D eigenvalue weighted by Crippen LogP contribution is -2.45. The van der Waals surface area contributed by atoms with Crippen LogP contribution in [0, 0.1) is 11.8 Å². The third kappa shape index (κ3) is 8.38. The van der Waals surface area contributed by atoms with Gasteiger partial charge in [-0.05, 0) is 37.5 Å². The Kier molecular flexibility index (Phi) is 11.0. The van der Waals surface area contributed by atoms with E-state index >= 15 is 0 Å². The summed E-state index contributed by atoms with van der Waals surface area (Å²) in [5.74, 6) is -2.72. The number of oxazole rings is 1. The smallest absolute Gasteiger partial charge is 0.310 e. The lowest BCUT2D eigenvalue weighted by molar-refractivity contribution is -0.154. The molecule has 1 aromatic heterocycles. The fourth-order valence-electron chi connectivity index (χ4n) is 4.08. The van der Waals surface area contributed by atoms with Crippen LogP contribution in [0.5, 0.6) is 0 Å². The summed E-state index contributed by atoms with van der Waals surface area (Å²) in [5, 5.41) is 15.2. The summed E-state index contributed by atoms with van der Waals surface area (Å²) in [6.45, 7) is 8.72. The fraction of sp³-hybridized carbons (Fsp3) is 0.333. The maximum atomic E-state index is 12.9. The number of hydrogen-bond donors (Lipinski definition) is 3. The van der Waals surface area contributed by atoms with Crippen molar-refractivity contribution in [2.75, 3.05) is 13.2 Å². The van der Waals surface area contributed by atoms with Crippen molar-refractivity contribution in [3.63, 3.8) is 0 Å². The molecule has 3 aromatic rings. The van der Waals surface area contributed by atoms with Gasteiger partial charge in [-0.25, -0.2) is 4.98 Å². The monoisotopic (exact) mass is 533 g/mol. The average molecular weight is 534 g/mol. The Morgan fingerprint density at radius 3 is 2.38 bits per heavy atom. The zero-order chi connectivity index (χ0) is 28.2. The zero-order valence-corrected chi connectivity index (χ0v) is 22.0. The highest BCUT2D eigenvalue weighted by Gasteiger charge is 2.29. The van der Waals surface area contributed by atoms with Gasteiger partial charge in [0.1, 0.15) is 17.5 Å². The molecule has 39 heavy (non-hydrogen) atoms. The van der Waals surface area contributed by atoms with Crippen LogP contribution in [0.3, 0.4) is 0 Å². The van der Waals surface area contributed by atoms with E-state index in [-0.39, 0.29) is 26.0 Å². The van der Waals surface area contributed by atoms with Crippen molar-refractivity contribution >= 4 is 28.9 Å². The van der Waals surface area contributed by atoms with Gasteiger partial charge >= 0.3 is 5.97 Å². The number of ether oxygens (including phenoxy) is 1. The molecule has 2 aromatic carbocycles. The molecule has 0 aliphatic heterocycles. The van der Waals surface area contributed by atoms with Gasteiger partial charge in [-0.1, -0.05) is 54.6 Å². The number of amides is 2. The predicted octanol–water partition coefficient (Wildman–Crippen LogP) is 3.65. The van der Waals surface area contributed by atoms with Crippen molar-refractivity contribution in [2.24, 2.45) is 11.8 Å². The first-order chi connectivity index (χ1) is 18.9. The zero-order valence-electron chi connectivity index (χ0n) is 22.0. The van der Waals surface area contributed by atoms with Crippen molar-refractivity contribution in [1.82, 2.24) is 15.6 Å². The molecule has 1 heterocycles. The van der Waals surface area contributed by atoms with Crippen molar-refractivity contribution in [3.05, 3.63) is 91.4 Å². The molecule has 2 amide bonds. The van der Waals surface area contributed by atoms with Crippen LogP contribution in [0.4, 0.5) is 0 Å². The lowest BCUT2D eigenvalue weighted by Gasteiger charge is -2.22. The maximum Gasteiger partial charge on any atom is 0.310 e. The summed E-state index contributed by atoms with van der Waals surface area (Å²) in [6.07, 6.45) is 3.17. The van der Waals surface area contributed by atoms with E-state index in [0.717, 1.165) is 5.56 Å². The third-order valence-corrected chi connectivity index (χ3v) is 6.16. The van der Waals surface area contributed by atoms with Gasteiger partial charge in [0.25, 0.3) is 0 Å². The Morgan fingerprint density at radius 1 is 1.03 bits per heavy atom. The summed E-state index contributed by atoms with van der Waals surface area (Å²) >= 11 is 0. The number of benzene rings is 2. The molecule has 1 unspecified atom stereocenters. The van der Waals surface area contributed by atoms with E-state index in [0.29, 0.717) is 23.4 Å². The Morgan fingerprint density at radius 2 is 1.72 bits per heavy atom. The first-order valence-electron chi connectivity index (χ1n) is 12.9. The molecule has 0 bridgehead atoms. The number of para-hydroxylation sites is 2. The molecule has 0 saturated carbocycles. The van der Waals surface area contributed by atoms with Gasteiger partial charge in [0.05, 0.1) is 25.1 Å². The minimum Gasteiger partial charge on any atom is -0.461 e. The molecule has 0 fully saturated rings. The minimum atomic E-state index is -1.06. The number of rotatable bonds is 15. The largest absolute Gasteiger partial charge is 0.461 e. The van der Waals surface area contributed by atoms with E-state index in [2.05, 4.69) is 28.8 Å². The van der Waals surface area contributed by atoms with Crippen molar-refractivity contribution in [2.45, 2.75) is 38.3 Å². The summed E-state index contributed by atoms with van der Waals surface area (Å²) in [5.41, 5.74) is 2.07. The number of carbonyl (C=O) groups is 3. The number of esters is 1. The third-order valence-electron chi connectivity index (χ3n) is 6.16. The second-order valence-electron chi connectivity index (χ2n) is 9.22. The molecule has 0 spiro atoms. The van der Waals surface area contributed by atoms with Crippen LogP contribution in [0.15, 0.2) is 84.3 Å². The molecule has 3 rings (SSSR count). The Bertz CT molecular complexity index is 1240. The van der Waals surface area contributed by atoms with E-state index in [1.54, 1.807) is 37.3 Å². The number of aromatic nitrogens is 1. The Labute approximate surface area is 228 Å². The maximum absolute atomic E-state index is 12.9. The van der Waals surface area contributed by atoms with Crippen LogP contribution in [-0.2, 0) is 25.5 Å². The number of nitrogens with zero attached hydrogens (tertiary/aromatic N) is 1. The number of hydrogen-bond acceptors (Lipinski definition) is 7. The topological polar surface area (TPSA) is 131 Å². The molecule has 0 saturated heterocycles. The molecule has 4 atom stereocenters. The van der Waals surface area contributed by atoms with Gasteiger partial charge in [-0.2, -0.15) is 0 Å².